The number of hydrogen-bond acceptors (Lipinski definition) is 4. The van der Waals surface area contributed by atoms with Crippen molar-refractivity contribution in [3.63, 3.8) is 0 Å². The molecule has 1 spiro atoms. The minimum Gasteiger partial charge on any atom is -0.461 e. The number of rotatable bonds is 2. The summed E-state index contributed by atoms with van der Waals surface area (Å²) in [5.41, 5.74) is 2.15. The van der Waals surface area contributed by atoms with Crippen LogP contribution in [0.15, 0.2) is 11.1 Å². The van der Waals surface area contributed by atoms with E-state index >= 15 is 0 Å². The maximum absolute atomic E-state index is 11.0. The van der Waals surface area contributed by atoms with Crippen LogP contribution in [0.2, 0.25) is 0 Å². The van der Waals surface area contributed by atoms with Gasteiger partial charge in [-0.15, -0.1) is 0 Å². The van der Waals surface area contributed by atoms with Crippen LogP contribution < -0.4 is 0 Å². The zero-order valence-electron chi connectivity index (χ0n) is 11.7. The number of esters is 1. The smallest absolute Gasteiger partial charge is 0.302 e. The van der Waals surface area contributed by atoms with Gasteiger partial charge < -0.3 is 14.2 Å². The minimum absolute atomic E-state index is 0.251. The van der Waals surface area contributed by atoms with E-state index in [1.807, 2.05) is 0 Å². The predicted molar refractivity (Wildman–Crippen MR) is 67.0 cm³/mol. The second-order valence-corrected chi connectivity index (χ2v) is 5.61. The Morgan fingerprint density at radius 3 is 2.50 bits per heavy atom. The van der Waals surface area contributed by atoms with Gasteiger partial charge in [-0.05, 0) is 18.9 Å². The molecule has 0 saturated carbocycles. The lowest BCUT2D eigenvalue weighted by Gasteiger charge is -2.47. The molecule has 1 saturated heterocycles. The van der Waals surface area contributed by atoms with Crippen molar-refractivity contribution in [2.45, 2.75) is 46.3 Å². The van der Waals surface area contributed by atoms with Crippen LogP contribution in [0.1, 0.15) is 40.5 Å². The lowest BCUT2D eigenvalue weighted by molar-refractivity contribution is -0.226. The van der Waals surface area contributed by atoms with Crippen LogP contribution in [0.25, 0.3) is 0 Å². The van der Waals surface area contributed by atoms with Gasteiger partial charge >= 0.3 is 5.97 Å². The Bertz CT molecular complexity index is 375. The molecule has 0 aromatic carbocycles. The molecule has 0 aromatic heterocycles. The molecule has 4 nitrogen and oxygen atoms in total. The molecule has 4 heteroatoms. The first-order valence-corrected chi connectivity index (χ1v) is 6.49. The molecule has 2 aliphatic rings. The van der Waals surface area contributed by atoms with Crippen LogP contribution >= 0.6 is 0 Å². The SMILES string of the molecule is CC(=O)OCC1=C(C)CCC2(OCCO2)C1(C)C. The van der Waals surface area contributed by atoms with Gasteiger partial charge in [0.15, 0.2) is 5.79 Å². The topological polar surface area (TPSA) is 44.8 Å². The summed E-state index contributed by atoms with van der Waals surface area (Å²) in [4.78, 5) is 11.0. The molecular weight excluding hydrogens is 232 g/mol. The largest absolute Gasteiger partial charge is 0.461 e. The summed E-state index contributed by atoms with van der Waals surface area (Å²) in [7, 11) is 0. The van der Waals surface area contributed by atoms with Crippen molar-refractivity contribution in [1.82, 2.24) is 0 Å². The highest BCUT2D eigenvalue weighted by atomic mass is 16.7. The summed E-state index contributed by atoms with van der Waals surface area (Å²) in [6.07, 6.45) is 1.80. The van der Waals surface area contributed by atoms with Crippen LogP contribution in [0, 0.1) is 5.41 Å². The highest BCUT2D eigenvalue weighted by Crippen LogP contribution is 2.51. The van der Waals surface area contributed by atoms with Crippen LogP contribution in [0.3, 0.4) is 0 Å². The molecule has 0 atom stereocenters. The van der Waals surface area contributed by atoms with Gasteiger partial charge in [-0.3, -0.25) is 4.79 Å². The molecule has 2 rings (SSSR count). The second-order valence-electron chi connectivity index (χ2n) is 5.61. The van der Waals surface area contributed by atoms with Crippen LogP contribution in [-0.2, 0) is 19.0 Å². The number of carbonyl (C=O) groups is 1. The predicted octanol–water partition coefficient (Wildman–Crippen LogP) is 2.43. The second kappa shape index (κ2) is 4.67. The Labute approximate surface area is 108 Å². The number of ether oxygens (including phenoxy) is 3. The Kier molecular flexibility index (Phi) is 3.52. The van der Waals surface area contributed by atoms with E-state index < -0.39 is 5.79 Å². The van der Waals surface area contributed by atoms with E-state index in [0.717, 1.165) is 18.4 Å². The van der Waals surface area contributed by atoms with Crippen LogP contribution in [0.5, 0.6) is 0 Å². The van der Waals surface area contributed by atoms with Crippen molar-refractivity contribution in [1.29, 1.82) is 0 Å². The molecule has 0 radical (unpaired) electrons. The number of allylic oxidation sites excluding steroid dienone is 1. The third kappa shape index (κ3) is 2.08. The van der Waals surface area contributed by atoms with Crippen LogP contribution in [0.4, 0.5) is 0 Å². The van der Waals surface area contributed by atoms with Gasteiger partial charge in [0.1, 0.15) is 6.61 Å². The molecule has 0 unspecified atom stereocenters. The standard InChI is InChI=1S/C14H22O4/c1-10-5-6-14(17-7-8-18-14)13(3,4)12(10)9-16-11(2)15/h5-9H2,1-4H3. The third-order valence-electron chi connectivity index (χ3n) is 4.22. The summed E-state index contributed by atoms with van der Waals surface area (Å²) in [6.45, 7) is 9.38. The molecule has 1 aliphatic heterocycles. The minimum atomic E-state index is -0.540. The summed E-state index contributed by atoms with van der Waals surface area (Å²) in [5.74, 6) is -0.791. The molecule has 0 aromatic rings. The van der Waals surface area contributed by atoms with E-state index in [4.69, 9.17) is 14.2 Å². The van der Waals surface area contributed by atoms with E-state index in [-0.39, 0.29) is 11.4 Å². The normalized spacial score (nSPS) is 25.6. The fraction of sp³-hybridized carbons (Fsp3) is 0.786. The Hall–Kier alpha value is -0.870. The molecule has 18 heavy (non-hydrogen) atoms. The van der Waals surface area contributed by atoms with E-state index in [1.165, 1.54) is 12.5 Å². The maximum Gasteiger partial charge on any atom is 0.302 e. The van der Waals surface area contributed by atoms with Crippen molar-refractivity contribution < 1.29 is 19.0 Å². The van der Waals surface area contributed by atoms with Crippen molar-refractivity contribution in [3.05, 3.63) is 11.1 Å². The molecule has 0 bridgehead atoms. The number of carbonyl (C=O) groups excluding carboxylic acids is 1. The van der Waals surface area contributed by atoms with Gasteiger partial charge in [0.25, 0.3) is 0 Å². The fourth-order valence-corrected chi connectivity index (χ4v) is 3.02. The molecule has 1 heterocycles. The van der Waals surface area contributed by atoms with Crippen molar-refractivity contribution in [2.24, 2.45) is 5.41 Å². The molecule has 0 amide bonds. The molecule has 1 aliphatic carbocycles. The van der Waals surface area contributed by atoms with E-state index in [1.54, 1.807) is 0 Å². The van der Waals surface area contributed by atoms with Gasteiger partial charge in [-0.25, -0.2) is 0 Å². The Morgan fingerprint density at radius 2 is 1.94 bits per heavy atom. The molecule has 102 valence electrons. The highest BCUT2D eigenvalue weighted by molar-refractivity contribution is 5.66. The van der Waals surface area contributed by atoms with Crippen molar-refractivity contribution >= 4 is 5.97 Å². The summed E-state index contributed by atoms with van der Waals surface area (Å²) < 4.78 is 17.0. The molecular formula is C14H22O4. The van der Waals surface area contributed by atoms with Crippen molar-refractivity contribution in [2.75, 3.05) is 19.8 Å². The lowest BCUT2D eigenvalue weighted by Crippen LogP contribution is -2.50. The third-order valence-corrected chi connectivity index (χ3v) is 4.22. The summed E-state index contributed by atoms with van der Waals surface area (Å²) >= 11 is 0. The first kappa shape index (κ1) is 13.6. The first-order chi connectivity index (χ1) is 8.39. The zero-order valence-corrected chi connectivity index (χ0v) is 11.7. The van der Waals surface area contributed by atoms with Gasteiger partial charge in [-0.2, -0.15) is 0 Å². The Balaban J connectivity index is 2.27. The van der Waals surface area contributed by atoms with Crippen LogP contribution in [-0.4, -0.2) is 31.6 Å². The lowest BCUT2D eigenvalue weighted by atomic mass is 9.68. The highest BCUT2D eigenvalue weighted by Gasteiger charge is 2.54. The average Bonchev–Trinajstić information content (AvgIpc) is 2.74. The first-order valence-electron chi connectivity index (χ1n) is 6.49. The van der Waals surface area contributed by atoms with Crippen molar-refractivity contribution in [3.8, 4) is 0 Å². The summed E-state index contributed by atoms with van der Waals surface area (Å²) in [6, 6.07) is 0. The van der Waals surface area contributed by atoms with Gasteiger partial charge in [0.05, 0.1) is 13.2 Å². The van der Waals surface area contributed by atoms with Gasteiger partial charge in [0, 0.05) is 18.8 Å². The molecule has 1 fully saturated rings. The maximum atomic E-state index is 11.0. The number of hydrogen-bond donors (Lipinski definition) is 0. The summed E-state index contributed by atoms with van der Waals surface area (Å²) in [5, 5.41) is 0. The molecule has 0 N–H and O–H groups in total. The Morgan fingerprint density at radius 1 is 1.33 bits per heavy atom. The van der Waals surface area contributed by atoms with Gasteiger partial charge in [-0.1, -0.05) is 19.4 Å². The monoisotopic (exact) mass is 254 g/mol. The quantitative estimate of drug-likeness (QED) is 0.561. The zero-order chi connectivity index (χ0) is 13.4. The van der Waals surface area contributed by atoms with E-state index in [0.29, 0.717) is 19.8 Å². The van der Waals surface area contributed by atoms with E-state index in [2.05, 4.69) is 20.8 Å². The van der Waals surface area contributed by atoms with Gasteiger partial charge in [0.2, 0.25) is 0 Å². The van der Waals surface area contributed by atoms with E-state index in [9.17, 15) is 4.79 Å². The average molecular weight is 254 g/mol. The fourth-order valence-electron chi connectivity index (χ4n) is 3.02.